The van der Waals surface area contributed by atoms with Crippen LogP contribution in [0.4, 0.5) is 0 Å². The summed E-state index contributed by atoms with van der Waals surface area (Å²) in [6.45, 7) is 29.3. The molecule has 6 nitrogen and oxygen atoms in total. The van der Waals surface area contributed by atoms with Crippen LogP contribution in [-0.2, 0) is 26.2 Å². The average molecular weight is 722 g/mol. The summed E-state index contributed by atoms with van der Waals surface area (Å²) in [5, 5.41) is 0. The summed E-state index contributed by atoms with van der Waals surface area (Å²) in [6, 6.07) is 16.8. The second kappa shape index (κ2) is 19.5. The molecule has 1 aliphatic carbocycles. The molecule has 0 radical (unpaired) electrons. The zero-order valence-electron chi connectivity index (χ0n) is 34.9. The fraction of sp³-hybridized carbons (Fsp3) is 0.739. The molecule has 1 aliphatic heterocycles. The first-order valence-corrected chi connectivity index (χ1v) is 20.5. The Labute approximate surface area is 318 Å². The Morgan fingerprint density at radius 2 is 1.37 bits per heavy atom. The third-order valence-corrected chi connectivity index (χ3v) is 11.5. The summed E-state index contributed by atoms with van der Waals surface area (Å²) in [6.07, 6.45) is 11.6. The van der Waals surface area contributed by atoms with E-state index in [1.807, 2.05) is 18.2 Å². The number of hydrogen-bond acceptors (Lipinski definition) is 6. The van der Waals surface area contributed by atoms with Gasteiger partial charge in [0.1, 0.15) is 24.7 Å². The molecule has 6 heteroatoms. The van der Waals surface area contributed by atoms with Gasteiger partial charge in [0.15, 0.2) is 0 Å². The molecule has 0 N–H and O–H groups in total. The minimum absolute atomic E-state index is 0.0732. The molecule has 2 aromatic rings. The predicted octanol–water partition coefficient (Wildman–Crippen LogP) is 11.0. The van der Waals surface area contributed by atoms with Gasteiger partial charge in [0.2, 0.25) is 0 Å². The lowest BCUT2D eigenvalue weighted by Gasteiger charge is -2.45. The van der Waals surface area contributed by atoms with Crippen LogP contribution in [0.1, 0.15) is 138 Å². The van der Waals surface area contributed by atoms with Crippen LogP contribution in [0.3, 0.4) is 0 Å². The highest BCUT2D eigenvalue weighted by atomic mass is 16.5. The SMILES string of the molecule is CC(C)(C)COCCCOCCOc1ccccc1COc1ccc(C(C)(C)CCC(C)(C)N2CCC(OC3CCCC(C(C)(C)C)C3)CC2)cc1. The van der Waals surface area contributed by atoms with Crippen molar-refractivity contribution in [2.75, 3.05) is 46.1 Å². The zero-order chi connectivity index (χ0) is 37.8. The number of ether oxygens (including phenoxy) is 5. The molecule has 0 bridgehead atoms. The second-order valence-electron chi connectivity index (χ2n) is 19.2. The topological polar surface area (TPSA) is 49.4 Å². The molecule has 1 saturated carbocycles. The van der Waals surface area contributed by atoms with Gasteiger partial charge in [-0.1, -0.05) is 92.1 Å². The number of rotatable bonds is 19. The summed E-state index contributed by atoms with van der Waals surface area (Å²) in [5.41, 5.74) is 3.21. The van der Waals surface area contributed by atoms with Gasteiger partial charge in [0.25, 0.3) is 0 Å². The standard InChI is InChI=1S/C46H75NO5/c1-43(2,3)35-49-30-14-29-48-31-32-50-42-18-12-11-15-36(42)34-51-39-21-19-37(20-22-39)45(7,8)25-26-46(9,10)47-27-23-40(24-28-47)52-41-17-13-16-38(33-41)44(4,5)6/h11-12,15,18-22,38,40-41H,13-14,16-17,23-35H2,1-10H3. The lowest BCUT2D eigenvalue weighted by atomic mass is 9.71. The van der Waals surface area contributed by atoms with E-state index in [2.05, 4.69) is 104 Å². The van der Waals surface area contributed by atoms with Gasteiger partial charge in [-0.3, -0.25) is 4.90 Å². The van der Waals surface area contributed by atoms with E-state index in [-0.39, 0.29) is 16.4 Å². The Hall–Kier alpha value is -2.12. The van der Waals surface area contributed by atoms with Crippen molar-refractivity contribution in [2.24, 2.45) is 16.7 Å². The molecule has 0 amide bonds. The molecular weight excluding hydrogens is 647 g/mol. The van der Waals surface area contributed by atoms with Crippen LogP contribution in [-0.4, -0.2) is 68.8 Å². The Morgan fingerprint density at radius 3 is 2.06 bits per heavy atom. The monoisotopic (exact) mass is 722 g/mol. The Kier molecular flexibility index (Phi) is 16.0. The minimum Gasteiger partial charge on any atom is -0.491 e. The molecule has 2 fully saturated rings. The molecule has 294 valence electrons. The smallest absolute Gasteiger partial charge is 0.126 e. The van der Waals surface area contributed by atoms with Crippen molar-refractivity contribution >= 4 is 0 Å². The van der Waals surface area contributed by atoms with E-state index < -0.39 is 0 Å². The molecule has 0 aromatic heterocycles. The minimum atomic E-state index is 0.0732. The van der Waals surface area contributed by atoms with Crippen molar-refractivity contribution < 1.29 is 23.7 Å². The average Bonchev–Trinajstić information content (AvgIpc) is 3.09. The molecule has 1 saturated heterocycles. The summed E-state index contributed by atoms with van der Waals surface area (Å²) >= 11 is 0. The van der Waals surface area contributed by atoms with E-state index >= 15 is 0 Å². The third kappa shape index (κ3) is 14.3. The van der Waals surface area contributed by atoms with Crippen LogP contribution in [0.25, 0.3) is 0 Å². The Morgan fingerprint density at radius 1 is 0.673 bits per heavy atom. The van der Waals surface area contributed by atoms with Gasteiger partial charge in [-0.05, 0) is 111 Å². The highest BCUT2D eigenvalue weighted by Gasteiger charge is 2.36. The van der Waals surface area contributed by atoms with Crippen LogP contribution in [0.5, 0.6) is 11.5 Å². The lowest BCUT2D eigenvalue weighted by molar-refractivity contribution is -0.0820. The Bertz CT molecular complexity index is 1300. The maximum atomic E-state index is 6.74. The fourth-order valence-corrected chi connectivity index (χ4v) is 7.73. The second-order valence-corrected chi connectivity index (χ2v) is 19.2. The molecule has 1 heterocycles. The van der Waals surface area contributed by atoms with E-state index in [0.29, 0.717) is 44.1 Å². The number of benzene rings is 2. The zero-order valence-corrected chi connectivity index (χ0v) is 34.9. The maximum Gasteiger partial charge on any atom is 0.126 e. The molecule has 52 heavy (non-hydrogen) atoms. The largest absolute Gasteiger partial charge is 0.491 e. The van der Waals surface area contributed by atoms with Crippen LogP contribution in [0.2, 0.25) is 0 Å². The van der Waals surface area contributed by atoms with Gasteiger partial charge in [-0.2, -0.15) is 0 Å². The quantitative estimate of drug-likeness (QED) is 0.135. The van der Waals surface area contributed by atoms with E-state index in [0.717, 1.165) is 81.4 Å². The number of likely N-dealkylation sites (tertiary alicyclic amines) is 1. The van der Waals surface area contributed by atoms with E-state index in [1.54, 1.807) is 0 Å². The first kappa shape index (κ1) is 42.6. The van der Waals surface area contributed by atoms with Crippen molar-refractivity contribution in [3.8, 4) is 11.5 Å². The van der Waals surface area contributed by atoms with E-state index in [4.69, 9.17) is 23.7 Å². The number of nitrogens with zero attached hydrogens (tertiary/aromatic N) is 1. The lowest BCUT2D eigenvalue weighted by Crippen LogP contribution is -2.50. The van der Waals surface area contributed by atoms with Crippen LogP contribution in [0, 0.1) is 16.7 Å². The van der Waals surface area contributed by atoms with Gasteiger partial charge in [0, 0.05) is 37.4 Å². The van der Waals surface area contributed by atoms with Crippen molar-refractivity contribution in [1.82, 2.24) is 4.90 Å². The molecular formula is C46H75NO5. The summed E-state index contributed by atoms with van der Waals surface area (Å²) < 4.78 is 30.5. The molecule has 2 aromatic carbocycles. The van der Waals surface area contributed by atoms with Crippen LogP contribution >= 0.6 is 0 Å². The van der Waals surface area contributed by atoms with Crippen molar-refractivity contribution in [1.29, 1.82) is 0 Å². The van der Waals surface area contributed by atoms with E-state index in [1.165, 1.54) is 31.2 Å². The van der Waals surface area contributed by atoms with Crippen molar-refractivity contribution in [3.63, 3.8) is 0 Å². The predicted molar refractivity (Wildman–Crippen MR) is 216 cm³/mol. The summed E-state index contributed by atoms with van der Waals surface area (Å²) in [7, 11) is 0. The summed E-state index contributed by atoms with van der Waals surface area (Å²) in [4.78, 5) is 2.72. The van der Waals surface area contributed by atoms with Gasteiger partial charge in [0.05, 0.1) is 25.4 Å². The van der Waals surface area contributed by atoms with Crippen LogP contribution in [0.15, 0.2) is 48.5 Å². The first-order valence-electron chi connectivity index (χ1n) is 20.5. The van der Waals surface area contributed by atoms with Gasteiger partial charge >= 0.3 is 0 Å². The molecule has 4 rings (SSSR count). The highest BCUT2D eigenvalue weighted by molar-refractivity contribution is 5.35. The number of hydrogen-bond donors (Lipinski definition) is 0. The maximum absolute atomic E-state index is 6.74. The van der Waals surface area contributed by atoms with Gasteiger partial charge in [-0.15, -0.1) is 0 Å². The van der Waals surface area contributed by atoms with Crippen molar-refractivity contribution in [3.05, 3.63) is 59.7 Å². The molecule has 2 atom stereocenters. The highest BCUT2D eigenvalue weighted by Crippen LogP contribution is 2.40. The van der Waals surface area contributed by atoms with Crippen molar-refractivity contribution in [2.45, 2.75) is 157 Å². The van der Waals surface area contributed by atoms with Crippen LogP contribution < -0.4 is 9.47 Å². The molecule has 0 spiro atoms. The number of piperidine rings is 1. The fourth-order valence-electron chi connectivity index (χ4n) is 7.73. The van der Waals surface area contributed by atoms with Gasteiger partial charge < -0.3 is 23.7 Å². The van der Waals surface area contributed by atoms with E-state index in [9.17, 15) is 0 Å². The van der Waals surface area contributed by atoms with Gasteiger partial charge in [-0.25, -0.2) is 0 Å². The first-order chi connectivity index (χ1) is 24.5. The normalized spacial score (nSPS) is 19.9. The summed E-state index contributed by atoms with van der Waals surface area (Å²) in [5.74, 6) is 2.51. The number of para-hydroxylation sites is 1. The third-order valence-electron chi connectivity index (χ3n) is 11.5. The molecule has 2 aliphatic rings. The molecule has 2 unspecified atom stereocenters. The Balaban J connectivity index is 1.16.